The molecule has 2 N–H and O–H groups in total. The molecule has 1 fully saturated rings. The van der Waals surface area contributed by atoms with Crippen LogP contribution in [0.2, 0.25) is 0 Å². The third kappa shape index (κ3) is 5.34. The predicted octanol–water partition coefficient (Wildman–Crippen LogP) is 2.89. The normalized spacial score (nSPS) is 18.7. The summed E-state index contributed by atoms with van der Waals surface area (Å²) in [7, 11) is 0. The number of rotatable bonds is 7. The Morgan fingerprint density at radius 3 is 3.12 bits per heavy atom. The first-order valence-electron chi connectivity index (χ1n) is 9.05. The predicted molar refractivity (Wildman–Crippen MR) is 101 cm³/mol. The van der Waals surface area contributed by atoms with Crippen molar-refractivity contribution >= 4 is 17.2 Å². The number of hydrogen-bond donors (Lipinski definition) is 2. The van der Waals surface area contributed by atoms with Crippen LogP contribution in [0.25, 0.3) is 11.4 Å². The third-order valence-corrected chi connectivity index (χ3v) is 5.70. The molecule has 0 saturated carbocycles. The van der Waals surface area contributed by atoms with Crippen molar-refractivity contribution in [3.8, 4) is 11.4 Å². The monoisotopic (exact) mass is 358 g/mol. The summed E-state index contributed by atoms with van der Waals surface area (Å²) in [5, 5.41) is 9.53. The highest BCUT2D eigenvalue weighted by Crippen LogP contribution is 2.22. The van der Waals surface area contributed by atoms with Crippen molar-refractivity contribution in [2.45, 2.75) is 32.6 Å². The van der Waals surface area contributed by atoms with E-state index in [1.165, 1.54) is 12.8 Å². The van der Waals surface area contributed by atoms with Gasteiger partial charge >= 0.3 is 0 Å². The highest BCUT2D eigenvalue weighted by atomic mass is 32.1. The smallest absolute Gasteiger partial charge is 0.220 e. The van der Waals surface area contributed by atoms with Gasteiger partial charge in [0.25, 0.3) is 0 Å². The van der Waals surface area contributed by atoms with Gasteiger partial charge in [0.2, 0.25) is 5.91 Å². The Bertz CT molecular complexity index is 667. The van der Waals surface area contributed by atoms with Crippen molar-refractivity contribution < 1.29 is 4.79 Å². The summed E-state index contributed by atoms with van der Waals surface area (Å²) in [6, 6.07) is 5.82. The van der Waals surface area contributed by atoms with Crippen LogP contribution >= 0.6 is 11.3 Å². The van der Waals surface area contributed by atoms with E-state index in [1.807, 2.05) is 23.6 Å². The second-order valence-corrected chi connectivity index (χ2v) is 7.67. The fraction of sp³-hybridized carbons (Fsp3) is 0.526. The maximum absolute atomic E-state index is 12.2. The van der Waals surface area contributed by atoms with Gasteiger partial charge in [-0.1, -0.05) is 13.0 Å². The summed E-state index contributed by atoms with van der Waals surface area (Å²) >= 11 is 1.62. The van der Waals surface area contributed by atoms with Gasteiger partial charge in [-0.25, -0.2) is 4.98 Å². The minimum atomic E-state index is 0.152. The lowest BCUT2D eigenvalue weighted by Crippen LogP contribution is -2.36. The molecule has 3 heterocycles. The van der Waals surface area contributed by atoms with Crippen LogP contribution in [0.15, 0.2) is 29.8 Å². The van der Waals surface area contributed by atoms with Crippen LogP contribution in [0.1, 0.15) is 31.2 Å². The van der Waals surface area contributed by atoms with E-state index in [1.54, 1.807) is 17.5 Å². The number of pyridine rings is 1. The summed E-state index contributed by atoms with van der Waals surface area (Å²) in [5.74, 6) is 1.21. The Balaban J connectivity index is 1.40. The molecule has 1 aliphatic heterocycles. The Kier molecular flexibility index (Phi) is 6.53. The second-order valence-electron chi connectivity index (χ2n) is 6.73. The summed E-state index contributed by atoms with van der Waals surface area (Å²) in [4.78, 5) is 21.1. The summed E-state index contributed by atoms with van der Waals surface area (Å²) in [6.45, 7) is 4.99. The molecule has 0 bridgehead atoms. The quantitative estimate of drug-likeness (QED) is 0.799. The van der Waals surface area contributed by atoms with Crippen LogP contribution in [0.5, 0.6) is 0 Å². The molecule has 0 aromatic carbocycles. The molecule has 0 radical (unpaired) electrons. The van der Waals surface area contributed by atoms with Crippen molar-refractivity contribution in [2.24, 2.45) is 11.8 Å². The van der Waals surface area contributed by atoms with Gasteiger partial charge in [0.15, 0.2) is 0 Å². The number of piperidine rings is 1. The Morgan fingerprint density at radius 1 is 1.44 bits per heavy atom. The summed E-state index contributed by atoms with van der Waals surface area (Å²) in [6.07, 6.45) is 5.61. The van der Waals surface area contributed by atoms with Gasteiger partial charge in [0, 0.05) is 31.0 Å². The van der Waals surface area contributed by atoms with Crippen LogP contribution in [-0.4, -0.2) is 35.5 Å². The van der Waals surface area contributed by atoms with Crippen molar-refractivity contribution in [2.75, 3.05) is 19.6 Å². The number of hydrogen-bond acceptors (Lipinski definition) is 5. The first-order chi connectivity index (χ1) is 12.2. The molecule has 3 rings (SSSR count). The second kappa shape index (κ2) is 9.06. The van der Waals surface area contributed by atoms with E-state index in [9.17, 15) is 4.79 Å². The molecule has 2 atom stereocenters. The van der Waals surface area contributed by atoms with Crippen LogP contribution in [0.4, 0.5) is 0 Å². The lowest BCUT2D eigenvalue weighted by atomic mass is 9.85. The molecule has 2 aromatic rings. The molecule has 0 aliphatic carbocycles. The van der Waals surface area contributed by atoms with E-state index >= 15 is 0 Å². The number of carbonyl (C=O) groups excluding carboxylic acids is 1. The first-order valence-corrected chi connectivity index (χ1v) is 9.93. The number of thiazole rings is 1. The molecule has 1 amide bonds. The van der Waals surface area contributed by atoms with Crippen molar-refractivity contribution in [1.29, 1.82) is 0 Å². The molecular weight excluding hydrogens is 332 g/mol. The lowest BCUT2D eigenvalue weighted by molar-refractivity contribution is -0.122. The Labute approximate surface area is 153 Å². The van der Waals surface area contributed by atoms with E-state index in [-0.39, 0.29) is 5.91 Å². The van der Waals surface area contributed by atoms with E-state index < -0.39 is 0 Å². The average Bonchev–Trinajstić information content (AvgIpc) is 3.12. The van der Waals surface area contributed by atoms with E-state index in [0.29, 0.717) is 24.8 Å². The molecule has 1 aliphatic rings. The molecule has 2 unspecified atom stereocenters. The first kappa shape index (κ1) is 18.0. The van der Waals surface area contributed by atoms with Gasteiger partial charge < -0.3 is 10.6 Å². The number of nitrogens with zero attached hydrogens (tertiary/aromatic N) is 2. The topological polar surface area (TPSA) is 66.9 Å². The molecule has 134 valence electrons. The SMILES string of the molecule is CC(CC(=O)NCCc1nc(-c2ccccn2)cs1)C1CCCNC1. The van der Waals surface area contributed by atoms with E-state index in [0.717, 1.165) is 35.9 Å². The molecule has 25 heavy (non-hydrogen) atoms. The minimum absolute atomic E-state index is 0.152. The third-order valence-electron chi connectivity index (χ3n) is 4.79. The van der Waals surface area contributed by atoms with Crippen LogP contribution in [-0.2, 0) is 11.2 Å². The number of amides is 1. The standard InChI is InChI=1S/C19H26N4OS/c1-14(15-5-4-8-20-12-15)11-18(24)22-10-7-19-23-17(13-25-19)16-6-2-3-9-21-16/h2-3,6,9,13-15,20H,4-5,7-8,10-12H2,1H3,(H,22,24). The van der Waals surface area contributed by atoms with Gasteiger partial charge in [-0.15, -0.1) is 11.3 Å². The lowest BCUT2D eigenvalue weighted by Gasteiger charge is -2.28. The molecule has 1 saturated heterocycles. The van der Waals surface area contributed by atoms with E-state index in [2.05, 4.69) is 27.5 Å². The van der Waals surface area contributed by atoms with Crippen molar-refractivity contribution in [3.05, 3.63) is 34.8 Å². The van der Waals surface area contributed by atoms with E-state index in [4.69, 9.17) is 0 Å². The van der Waals surface area contributed by atoms with Crippen molar-refractivity contribution in [1.82, 2.24) is 20.6 Å². The van der Waals surface area contributed by atoms with Crippen LogP contribution in [0.3, 0.4) is 0 Å². The largest absolute Gasteiger partial charge is 0.356 e. The number of nitrogens with one attached hydrogen (secondary N) is 2. The molecule has 2 aromatic heterocycles. The van der Waals surface area contributed by atoms with Crippen LogP contribution in [0, 0.1) is 11.8 Å². The highest BCUT2D eigenvalue weighted by molar-refractivity contribution is 7.09. The zero-order chi connectivity index (χ0) is 17.5. The van der Waals surface area contributed by atoms with Gasteiger partial charge in [0.05, 0.1) is 16.4 Å². The maximum Gasteiger partial charge on any atom is 0.220 e. The molecule has 6 heteroatoms. The zero-order valence-electron chi connectivity index (χ0n) is 14.7. The Morgan fingerprint density at radius 2 is 2.36 bits per heavy atom. The highest BCUT2D eigenvalue weighted by Gasteiger charge is 2.21. The number of carbonyl (C=O) groups is 1. The molecule has 5 nitrogen and oxygen atoms in total. The van der Waals surface area contributed by atoms with Gasteiger partial charge in [-0.3, -0.25) is 9.78 Å². The zero-order valence-corrected chi connectivity index (χ0v) is 15.5. The molecule has 0 spiro atoms. The van der Waals surface area contributed by atoms with Gasteiger partial charge in [-0.2, -0.15) is 0 Å². The summed E-state index contributed by atoms with van der Waals surface area (Å²) in [5.41, 5.74) is 1.80. The Hall–Kier alpha value is -1.79. The summed E-state index contributed by atoms with van der Waals surface area (Å²) < 4.78 is 0. The minimum Gasteiger partial charge on any atom is -0.356 e. The van der Waals surface area contributed by atoms with Gasteiger partial charge in [-0.05, 0) is 49.9 Å². The fourth-order valence-electron chi connectivity index (χ4n) is 3.26. The average molecular weight is 359 g/mol. The van der Waals surface area contributed by atoms with Gasteiger partial charge in [0.1, 0.15) is 0 Å². The maximum atomic E-state index is 12.2. The fourth-order valence-corrected chi connectivity index (χ4v) is 4.05. The van der Waals surface area contributed by atoms with Crippen molar-refractivity contribution in [3.63, 3.8) is 0 Å². The van der Waals surface area contributed by atoms with Crippen LogP contribution < -0.4 is 10.6 Å². The number of aromatic nitrogens is 2. The molecular formula is C19H26N4OS.